The molecule has 4 nitrogen and oxygen atoms in total. The van der Waals surface area contributed by atoms with E-state index in [9.17, 15) is 0 Å². The van der Waals surface area contributed by atoms with Crippen molar-refractivity contribution >= 4 is 26.8 Å². The van der Waals surface area contributed by atoms with Gasteiger partial charge in [0.05, 0.1) is 18.3 Å². The van der Waals surface area contributed by atoms with Crippen molar-refractivity contribution in [3.63, 3.8) is 0 Å². The first-order chi connectivity index (χ1) is 8.22. The van der Waals surface area contributed by atoms with Crippen LogP contribution in [0, 0.1) is 0 Å². The number of hydrogen-bond donors (Lipinski definition) is 0. The fourth-order valence-electron chi connectivity index (χ4n) is 1.95. The predicted octanol–water partition coefficient (Wildman–Crippen LogP) is 2.58. The fourth-order valence-corrected chi connectivity index (χ4v) is 2.27. The average Bonchev–Trinajstić information content (AvgIpc) is 2.87. The molecule has 3 aromatic rings. The van der Waals surface area contributed by atoms with Crippen LogP contribution in [0.2, 0.25) is 0 Å². The van der Waals surface area contributed by atoms with E-state index in [-0.39, 0.29) is 0 Å². The van der Waals surface area contributed by atoms with E-state index in [1.165, 1.54) is 11.1 Å². The summed E-state index contributed by atoms with van der Waals surface area (Å²) >= 11 is 3.40. The molecule has 0 unspecified atom stereocenters. The van der Waals surface area contributed by atoms with Gasteiger partial charge in [0.1, 0.15) is 4.60 Å². The Bertz CT molecular complexity index is 668. The molecular formula is C12H11BrN4. The number of hydrogen-bond acceptors (Lipinski definition) is 2. The zero-order chi connectivity index (χ0) is 11.8. The van der Waals surface area contributed by atoms with Gasteiger partial charge >= 0.3 is 0 Å². The summed E-state index contributed by atoms with van der Waals surface area (Å²) in [6.45, 7) is 0.827. The van der Waals surface area contributed by atoms with Crippen molar-refractivity contribution in [1.82, 2.24) is 19.3 Å². The third kappa shape index (κ3) is 1.98. The molecule has 0 atom stereocenters. The smallest absolute Gasteiger partial charge is 0.108 e. The van der Waals surface area contributed by atoms with Crippen molar-refractivity contribution in [2.75, 3.05) is 0 Å². The van der Waals surface area contributed by atoms with Crippen LogP contribution in [0.4, 0.5) is 0 Å². The molecule has 0 spiro atoms. The summed E-state index contributed by atoms with van der Waals surface area (Å²) in [6, 6.07) is 4.11. The number of aromatic nitrogens is 4. The van der Waals surface area contributed by atoms with Gasteiger partial charge in [-0.2, -0.15) is 5.10 Å². The summed E-state index contributed by atoms with van der Waals surface area (Å²) in [4.78, 5) is 4.22. The Morgan fingerprint density at radius 3 is 3.00 bits per heavy atom. The van der Waals surface area contributed by atoms with Gasteiger partial charge in [-0.25, -0.2) is 4.98 Å². The molecule has 3 heterocycles. The van der Waals surface area contributed by atoms with Gasteiger partial charge in [-0.3, -0.25) is 4.68 Å². The first kappa shape index (κ1) is 10.5. The van der Waals surface area contributed by atoms with Gasteiger partial charge in [0.2, 0.25) is 0 Å². The lowest BCUT2D eigenvalue weighted by molar-refractivity contribution is 0.764. The van der Waals surface area contributed by atoms with E-state index in [1.54, 1.807) is 0 Å². The van der Waals surface area contributed by atoms with Crippen molar-refractivity contribution in [3.8, 4) is 0 Å². The Morgan fingerprint density at radius 2 is 2.24 bits per heavy atom. The minimum Gasteiger partial charge on any atom is -0.343 e. The van der Waals surface area contributed by atoms with E-state index in [0.29, 0.717) is 0 Å². The zero-order valence-corrected chi connectivity index (χ0v) is 10.9. The van der Waals surface area contributed by atoms with Crippen LogP contribution in [0.1, 0.15) is 5.56 Å². The second-order valence-electron chi connectivity index (χ2n) is 4.03. The number of pyridine rings is 1. The molecule has 0 aliphatic rings. The molecule has 0 bridgehead atoms. The topological polar surface area (TPSA) is 35.6 Å². The second-order valence-corrected chi connectivity index (χ2v) is 4.84. The maximum Gasteiger partial charge on any atom is 0.108 e. The van der Waals surface area contributed by atoms with Crippen LogP contribution in [-0.2, 0) is 13.6 Å². The molecule has 3 aromatic heterocycles. The highest BCUT2D eigenvalue weighted by molar-refractivity contribution is 9.10. The lowest BCUT2D eigenvalue weighted by atomic mass is 10.3. The summed E-state index contributed by atoms with van der Waals surface area (Å²) in [5.74, 6) is 0. The molecule has 0 amide bonds. The number of nitrogens with zero attached hydrogens (tertiary/aromatic N) is 4. The fraction of sp³-hybridized carbons (Fsp3) is 0.167. The molecular weight excluding hydrogens is 280 g/mol. The molecule has 3 rings (SSSR count). The van der Waals surface area contributed by atoms with E-state index >= 15 is 0 Å². The van der Waals surface area contributed by atoms with Gasteiger partial charge in [-0.1, -0.05) is 0 Å². The second kappa shape index (κ2) is 4.00. The van der Waals surface area contributed by atoms with E-state index in [0.717, 1.165) is 16.5 Å². The Kier molecular flexibility index (Phi) is 2.48. The summed E-state index contributed by atoms with van der Waals surface area (Å²) in [6.07, 6.45) is 7.87. The van der Waals surface area contributed by atoms with Crippen LogP contribution in [0.5, 0.6) is 0 Å². The van der Waals surface area contributed by atoms with Gasteiger partial charge in [-0.05, 0) is 28.1 Å². The quantitative estimate of drug-likeness (QED) is 0.680. The van der Waals surface area contributed by atoms with Crippen LogP contribution in [0.15, 0.2) is 41.5 Å². The number of rotatable bonds is 2. The molecule has 0 radical (unpaired) electrons. The minimum absolute atomic E-state index is 0.827. The Morgan fingerprint density at radius 1 is 1.35 bits per heavy atom. The summed E-state index contributed by atoms with van der Waals surface area (Å²) in [5.41, 5.74) is 2.37. The number of halogens is 1. The van der Waals surface area contributed by atoms with Gasteiger partial charge < -0.3 is 4.57 Å². The lowest BCUT2D eigenvalue weighted by Gasteiger charge is -2.03. The van der Waals surface area contributed by atoms with E-state index in [4.69, 9.17) is 0 Å². The highest BCUT2D eigenvalue weighted by Gasteiger charge is 2.04. The molecule has 0 saturated carbocycles. The van der Waals surface area contributed by atoms with E-state index in [1.807, 2.05) is 36.4 Å². The zero-order valence-electron chi connectivity index (χ0n) is 9.34. The molecule has 0 aliphatic heterocycles. The molecule has 0 saturated heterocycles. The third-order valence-corrected chi connectivity index (χ3v) is 3.17. The summed E-state index contributed by atoms with van der Waals surface area (Å²) < 4.78 is 4.87. The maximum atomic E-state index is 4.22. The SMILES string of the molecule is Cn1cc(Cn2ccc3cnc(Br)cc32)cn1. The monoisotopic (exact) mass is 290 g/mol. The van der Waals surface area contributed by atoms with Crippen molar-refractivity contribution in [2.45, 2.75) is 6.54 Å². The van der Waals surface area contributed by atoms with Gasteiger partial charge in [0, 0.05) is 36.6 Å². The first-order valence-electron chi connectivity index (χ1n) is 5.30. The van der Waals surface area contributed by atoms with E-state index in [2.05, 4.69) is 42.8 Å². The average molecular weight is 291 g/mol. The van der Waals surface area contributed by atoms with Crippen molar-refractivity contribution in [1.29, 1.82) is 0 Å². The lowest BCUT2D eigenvalue weighted by Crippen LogP contribution is -1.96. The molecule has 0 aromatic carbocycles. The van der Waals surface area contributed by atoms with Crippen molar-refractivity contribution in [2.24, 2.45) is 7.05 Å². The Balaban J connectivity index is 2.03. The summed E-state index contributed by atoms with van der Waals surface area (Å²) in [5, 5.41) is 5.33. The van der Waals surface area contributed by atoms with Gasteiger partial charge in [0.15, 0.2) is 0 Å². The Hall–Kier alpha value is -1.62. The molecule has 0 N–H and O–H groups in total. The molecule has 17 heavy (non-hydrogen) atoms. The molecule has 5 heteroatoms. The molecule has 86 valence electrons. The normalized spacial score (nSPS) is 11.2. The minimum atomic E-state index is 0.827. The highest BCUT2D eigenvalue weighted by atomic mass is 79.9. The van der Waals surface area contributed by atoms with Gasteiger partial charge in [-0.15, -0.1) is 0 Å². The van der Waals surface area contributed by atoms with Crippen LogP contribution in [-0.4, -0.2) is 19.3 Å². The number of fused-ring (bicyclic) bond motifs is 1. The van der Waals surface area contributed by atoms with E-state index < -0.39 is 0 Å². The third-order valence-electron chi connectivity index (χ3n) is 2.73. The first-order valence-corrected chi connectivity index (χ1v) is 6.09. The largest absolute Gasteiger partial charge is 0.343 e. The highest BCUT2D eigenvalue weighted by Crippen LogP contribution is 2.19. The van der Waals surface area contributed by atoms with Crippen LogP contribution >= 0.6 is 15.9 Å². The maximum absolute atomic E-state index is 4.22. The van der Waals surface area contributed by atoms with Crippen molar-refractivity contribution < 1.29 is 0 Å². The van der Waals surface area contributed by atoms with Crippen molar-refractivity contribution in [3.05, 3.63) is 47.1 Å². The number of aryl methyl sites for hydroxylation is 1. The summed E-state index contributed by atoms with van der Waals surface area (Å²) in [7, 11) is 1.93. The van der Waals surface area contributed by atoms with Crippen LogP contribution in [0.3, 0.4) is 0 Å². The van der Waals surface area contributed by atoms with Gasteiger partial charge in [0.25, 0.3) is 0 Å². The molecule has 0 fully saturated rings. The predicted molar refractivity (Wildman–Crippen MR) is 69.7 cm³/mol. The van der Waals surface area contributed by atoms with Crippen LogP contribution in [0.25, 0.3) is 10.9 Å². The van der Waals surface area contributed by atoms with Crippen LogP contribution < -0.4 is 0 Å². The molecule has 0 aliphatic carbocycles. The Labute approximate surface area is 107 Å². The standard InChI is InChI=1S/C12H11BrN4/c1-16-7-9(5-15-16)8-17-3-2-10-6-14-12(13)4-11(10)17/h2-7H,8H2,1H3.